The number of alkyl halides is 1. The number of carbonyl (C=O) groups excluding carboxylic acids is 1. The van der Waals surface area contributed by atoms with E-state index in [1.807, 2.05) is 31.2 Å². The zero-order valence-corrected chi connectivity index (χ0v) is 10.8. The van der Waals surface area contributed by atoms with Gasteiger partial charge in [0.25, 0.3) is 0 Å². The van der Waals surface area contributed by atoms with Crippen molar-refractivity contribution >= 4 is 17.5 Å². The van der Waals surface area contributed by atoms with Crippen LogP contribution in [0.25, 0.3) is 0 Å². The molecule has 17 heavy (non-hydrogen) atoms. The maximum absolute atomic E-state index is 11.8. The van der Waals surface area contributed by atoms with Gasteiger partial charge >= 0.3 is 0 Å². The summed E-state index contributed by atoms with van der Waals surface area (Å²) in [5.74, 6) is 1.46. The van der Waals surface area contributed by atoms with E-state index in [4.69, 9.17) is 11.6 Å². The lowest BCUT2D eigenvalue weighted by atomic mass is 10.1. The van der Waals surface area contributed by atoms with Crippen LogP contribution in [0.4, 0.5) is 0 Å². The van der Waals surface area contributed by atoms with Crippen LogP contribution in [-0.2, 0) is 17.2 Å². The molecule has 0 saturated heterocycles. The fourth-order valence-electron chi connectivity index (χ4n) is 1.98. The smallest absolute Gasteiger partial charge is 0.223 e. The number of nitrogens with one attached hydrogen (secondary N) is 1. The number of hydrogen-bond donors (Lipinski definition) is 1. The summed E-state index contributed by atoms with van der Waals surface area (Å²) in [4.78, 5) is 11.8. The van der Waals surface area contributed by atoms with Crippen LogP contribution in [0.2, 0.25) is 0 Å². The van der Waals surface area contributed by atoms with Gasteiger partial charge in [0.1, 0.15) is 0 Å². The Labute approximate surface area is 107 Å². The Kier molecular flexibility index (Phi) is 4.06. The number of amides is 1. The van der Waals surface area contributed by atoms with Gasteiger partial charge in [0.05, 0.1) is 0 Å². The number of benzene rings is 1. The lowest BCUT2D eigenvalue weighted by Gasteiger charge is -2.11. The Bertz CT molecular complexity index is 401. The normalized spacial score (nSPS) is 16.6. The molecule has 2 rings (SSSR count). The van der Waals surface area contributed by atoms with Gasteiger partial charge in [0.2, 0.25) is 5.91 Å². The standard InChI is InChI=1S/C14H18ClNO/c1-10(13-5-6-13)14(17)16-9-12-4-2-3-11(7-12)8-15/h2-4,7,10,13H,5-6,8-9H2,1H3,(H,16,17). The van der Waals surface area contributed by atoms with E-state index in [-0.39, 0.29) is 11.8 Å². The Balaban J connectivity index is 1.85. The lowest BCUT2D eigenvalue weighted by molar-refractivity contribution is -0.125. The van der Waals surface area contributed by atoms with Gasteiger partial charge in [-0.2, -0.15) is 0 Å². The predicted molar refractivity (Wildman–Crippen MR) is 69.7 cm³/mol. The molecule has 1 saturated carbocycles. The Morgan fingerprint density at radius 3 is 2.82 bits per heavy atom. The van der Waals surface area contributed by atoms with Crippen LogP contribution < -0.4 is 5.32 Å². The van der Waals surface area contributed by atoms with Gasteiger partial charge in [-0.25, -0.2) is 0 Å². The molecule has 1 aromatic carbocycles. The molecule has 1 amide bonds. The molecule has 1 aromatic rings. The Hall–Kier alpha value is -1.02. The first-order valence-corrected chi connectivity index (χ1v) is 6.65. The monoisotopic (exact) mass is 251 g/mol. The van der Waals surface area contributed by atoms with Crippen LogP contribution in [0.15, 0.2) is 24.3 Å². The zero-order valence-electron chi connectivity index (χ0n) is 10.1. The third-order valence-electron chi connectivity index (χ3n) is 3.36. The maximum Gasteiger partial charge on any atom is 0.223 e. The van der Waals surface area contributed by atoms with Gasteiger partial charge in [-0.1, -0.05) is 31.2 Å². The third-order valence-corrected chi connectivity index (χ3v) is 3.66. The van der Waals surface area contributed by atoms with Crippen molar-refractivity contribution in [3.8, 4) is 0 Å². The number of hydrogen-bond acceptors (Lipinski definition) is 1. The van der Waals surface area contributed by atoms with Gasteiger partial charge in [0.15, 0.2) is 0 Å². The average molecular weight is 252 g/mol. The van der Waals surface area contributed by atoms with Crippen molar-refractivity contribution in [1.82, 2.24) is 5.32 Å². The summed E-state index contributed by atoms with van der Waals surface area (Å²) in [5.41, 5.74) is 2.20. The van der Waals surface area contributed by atoms with E-state index >= 15 is 0 Å². The van der Waals surface area contributed by atoms with Crippen LogP contribution in [-0.4, -0.2) is 5.91 Å². The Morgan fingerprint density at radius 2 is 2.18 bits per heavy atom. The molecule has 1 N–H and O–H groups in total. The molecule has 1 fully saturated rings. The van der Waals surface area contributed by atoms with E-state index in [0.717, 1.165) is 11.1 Å². The number of carbonyl (C=O) groups is 1. The summed E-state index contributed by atoms with van der Waals surface area (Å²) < 4.78 is 0. The van der Waals surface area contributed by atoms with Crippen molar-refractivity contribution in [1.29, 1.82) is 0 Å². The molecule has 2 nitrogen and oxygen atoms in total. The minimum Gasteiger partial charge on any atom is -0.352 e. The molecular formula is C14H18ClNO. The molecule has 0 heterocycles. The first-order valence-electron chi connectivity index (χ1n) is 6.12. The van der Waals surface area contributed by atoms with Gasteiger partial charge in [-0.05, 0) is 29.9 Å². The predicted octanol–water partition coefficient (Wildman–Crippen LogP) is 3.09. The summed E-state index contributed by atoms with van der Waals surface area (Å²) in [6, 6.07) is 8.02. The van der Waals surface area contributed by atoms with Crippen molar-refractivity contribution < 1.29 is 4.79 Å². The van der Waals surface area contributed by atoms with Crippen LogP contribution in [0.1, 0.15) is 30.9 Å². The minimum absolute atomic E-state index is 0.159. The van der Waals surface area contributed by atoms with Crippen molar-refractivity contribution in [2.45, 2.75) is 32.2 Å². The molecule has 1 unspecified atom stereocenters. The molecule has 92 valence electrons. The second kappa shape index (κ2) is 5.54. The SMILES string of the molecule is CC(C(=O)NCc1cccc(CCl)c1)C1CC1. The van der Waals surface area contributed by atoms with Gasteiger partial charge in [-0.3, -0.25) is 4.79 Å². The fourth-order valence-corrected chi connectivity index (χ4v) is 2.15. The quantitative estimate of drug-likeness (QED) is 0.801. The fraction of sp³-hybridized carbons (Fsp3) is 0.500. The summed E-state index contributed by atoms with van der Waals surface area (Å²) in [6.07, 6.45) is 2.41. The highest BCUT2D eigenvalue weighted by Crippen LogP contribution is 2.36. The molecule has 0 spiro atoms. The highest BCUT2D eigenvalue weighted by Gasteiger charge is 2.32. The summed E-state index contributed by atoms with van der Waals surface area (Å²) in [5, 5.41) is 2.99. The molecule has 0 radical (unpaired) electrons. The molecule has 0 aliphatic heterocycles. The molecule has 1 aliphatic carbocycles. The van der Waals surface area contributed by atoms with E-state index in [1.165, 1.54) is 12.8 Å². The van der Waals surface area contributed by atoms with Crippen LogP contribution in [0.5, 0.6) is 0 Å². The van der Waals surface area contributed by atoms with Crippen molar-refractivity contribution in [2.75, 3.05) is 0 Å². The van der Waals surface area contributed by atoms with Crippen molar-refractivity contribution in [3.05, 3.63) is 35.4 Å². The van der Waals surface area contributed by atoms with E-state index < -0.39 is 0 Å². The number of halogens is 1. The van der Waals surface area contributed by atoms with Gasteiger partial charge < -0.3 is 5.32 Å². The average Bonchev–Trinajstić information content (AvgIpc) is 3.19. The zero-order chi connectivity index (χ0) is 12.3. The molecule has 3 heteroatoms. The maximum atomic E-state index is 11.8. The van der Waals surface area contributed by atoms with Crippen LogP contribution in [0.3, 0.4) is 0 Å². The van der Waals surface area contributed by atoms with Gasteiger partial charge in [-0.15, -0.1) is 11.6 Å². The first kappa shape index (κ1) is 12.4. The van der Waals surface area contributed by atoms with E-state index in [0.29, 0.717) is 18.3 Å². The van der Waals surface area contributed by atoms with Crippen LogP contribution >= 0.6 is 11.6 Å². The second-order valence-electron chi connectivity index (χ2n) is 4.80. The Morgan fingerprint density at radius 1 is 1.47 bits per heavy atom. The van der Waals surface area contributed by atoms with Crippen LogP contribution in [0, 0.1) is 11.8 Å². The largest absolute Gasteiger partial charge is 0.352 e. The summed E-state index contributed by atoms with van der Waals surface area (Å²) in [7, 11) is 0. The molecule has 0 bridgehead atoms. The first-order chi connectivity index (χ1) is 8.20. The molecule has 0 aromatic heterocycles. The highest BCUT2D eigenvalue weighted by molar-refractivity contribution is 6.17. The lowest BCUT2D eigenvalue weighted by Crippen LogP contribution is -2.29. The van der Waals surface area contributed by atoms with Crippen molar-refractivity contribution in [2.24, 2.45) is 11.8 Å². The number of rotatable bonds is 5. The minimum atomic E-state index is 0.159. The molecular weight excluding hydrogens is 234 g/mol. The summed E-state index contributed by atoms with van der Waals surface area (Å²) >= 11 is 5.77. The molecule has 1 atom stereocenters. The van der Waals surface area contributed by atoms with Gasteiger partial charge in [0, 0.05) is 18.3 Å². The third kappa shape index (κ3) is 3.47. The van der Waals surface area contributed by atoms with Crippen molar-refractivity contribution in [3.63, 3.8) is 0 Å². The molecule has 1 aliphatic rings. The van der Waals surface area contributed by atoms with E-state index in [2.05, 4.69) is 5.32 Å². The van der Waals surface area contributed by atoms with E-state index in [9.17, 15) is 4.79 Å². The van der Waals surface area contributed by atoms with E-state index in [1.54, 1.807) is 0 Å². The summed E-state index contributed by atoms with van der Waals surface area (Å²) in [6.45, 7) is 2.61. The topological polar surface area (TPSA) is 29.1 Å². The second-order valence-corrected chi connectivity index (χ2v) is 5.06. The highest BCUT2D eigenvalue weighted by atomic mass is 35.5.